The maximum absolute atomic E-state index is 13.9. The van der Waals surface area contributed by atoms with Crippen LogP contribution in [-0.4, -0.2) is 55.6 Å². The molecule has 0 spiro atoms. The summed E-state index contributed by atoms with van der Waals surface area (Å²) in [6, 6.07) is 4.17. The van der Waals surface area contributed by atoms with Crippen LogP contribution in [0.15, 0.2) is 34.3 Å². The minimum Gasteiger partial charge on any atom is -0.509 e. The molecule has 12 heteroatoms. The number of amidine groups is 1. The summed E-state index contributed by atoms with van der Waals surface area (Å²) in [5.41, 5.74) is 0.709. The Labute approximate surface area is 212 Å². The van der Waals surface area contributed by atoms with Crippen LogP contribution in [-0.2, 0) is 23.9 Å². The first-order valence-corrected chi connectivity index (χ1v) is 15.7. The average molecular weight is 540 g/mol. The summed E-state index contributed by atoms with van der Waals surface area (Å²) >= 11 is 0. The predicted octanol–water partition coefficient (Wildman–Crippen LogP) is 4.15. The van der Waals surface area contributed by atoms with Crippen LogP contribution in [0.3, 0.4) is 0 Å². The second kappa shape index (κ2) is 9.50. The molecule has 4 rings (SSSR count). The van der Waals surface area contributed by atoms with Gasteiger partial charge >= 0.3 is 17.5 Å². The standard InChI is InChI=1S/C24H35N4O6PS/c1-6-34-35(31)18-14-16(27-36(5,32)33)10-11-17(18)25-22(26-35)19-21(29)20(15-8-7-9-15)28(23(19)30)13-12-24(2,3)4/h10-11,14-15,20,29H,6-9,12-13H2,1-5H3,(H,25,26,31)(H,27,32,33)/p+1. The van der Waals surface area contributed by atoms with E-state index in [0.29, 0.717) is 12.2 Å². The molecule has 1 aromatic carbocycles. The number of carbonyl (C=O) groups is 1. The van der Waals surface area contributed by atoms with E-state index < -0.39 is 23.6 Å². The average Bonchev–Trinajstić information content (AvgIpc) is 2.94. The number of hydrogen-bond donors (Lipinski definition) is 3. The summed E-state index contributed by atoms with van der Waals surface area (Å²) in [5.74, 6) is -0.180. The minimum absolute atomic E-state index is 0.00915. The summed E-state index contributed by atoms with van der Waals surface area (Å²) in [4.78, 5) is 15.4. The van der Waals surface area contributed by atoms with Gasteiger partial charge in [-0.3, -0.25) is 9.36 Å². The fourth-order valence-electron chi connectivity index (χ4n) is 4.70. The largest absolute Gasteiger partial charge is 0.509 e. The van der Waals surface area contributed by atoms with E-state index >= 15 is 0 Å². The summed E-state index contributed by atoms with van der Waals surface area (Å²) in [6.07, 6.45) is 4.83. The Morgan fingerprint density at radius 2 is 2.06 bits per heavy atom. The Kier molecular flexibility index (Phi) is 7.05. The van der Waals surface area contributed by atoms with Gasteiger partial charge in [0.1, 0.15) is 17.6 Å². The number of hydrogen-bond acceptors (Lipinski definition) is 6. The van der Waals surface area contributed by atoms with Crippen molar-refractivity contribution in [1.82, 2.24) is 4.90 Å². The third-order valence-electron chi connectivity index (χ3n) is 6.68. The fourth-order valence-corrected chi connectivity index (χ4v) is 7.07. The van der Waals surface area contributed by atoms with E-state index in [1.165, 1.54) is 6.07 Å². The van der Waals surface area contributed by atoms with Crippen molar-refractivity contribution in [2.45, 2.75) is 59.4 Å². The number of rotatable bonds is 8. The first-order valence-electron chi connectivity index (χ1n) is 12.2. The molecule has 0 saturated heterocycles. The van der Waals surface area contributed by atoms with Crippen molar-refractivity contribution in [1.29, 1.82) is 0 Å². The van der Waals surface area contributed by atoms with Crippen molar-refractivity contribution >= 4 is 46.0 Å². The molecule has 0 aromatic heterocycles. The zero-order valence-corrected chi connectivity index (χ0v) is 23.1. The van der Waals surface area contributed by atoms with E-state index in [2.05, 4.69) is 35.6 Å². The van der Waals surface area contributed by atoms with Gasteiger partial charge < -0.3 is 19.8 Å². The number of fused-ring (bicyclic) bond motifs is 1. The number of aliphatic hydroxyl groups excluding tert-OH is 1. The molecule has 36 heavy (non-hydrogen) atoms. The molecule has 3 atom stereocenters. The number of carbonyl (C=O) groups excluding carboxylic acids is 1. The van der Waals surface area contributed by atoms with Gasteiger partial charge in [-0.1, -0.05) is 27.2 Å². The molecular weight excluding hydrogens is 503 g/mol. The highest BCUT2D eigenvalue weighted by Crippen LogP contribution is 2.53. The number of nitrogens with one attached hydrogen (secondary N) is 2. The highest BCUT2D eigenvalue weighted by Gasteiger charge is 2.48. The minimum atomic E-state index is -3.86. The fraction of sp³-hybridized carbons (Fsp3) is 0.583. The molecule has 1 fully saturated rings. The SMILES string of the molecule is CCOP1(=O)N=C(C2=C(O)C(C3CCC3)N(CCC(C)(C)C)C2=O)Nc2ccc(NS(C)(=O)=[OH+])cc21. The van der Waals surface area contributed by atoms with Crippen LogP contribution >= 0.6 is 7.52 Å². The van der Waals surface area contributed by atoms with Crippen LogP contribution in [0.2, 0.25) is 0 Å². The normalized spacial score (nSPS) is 26.1. The van der Waals surface area contributed by atoms with E-state index in [-0.39, 0.29) is 52.0 Å². The Balaban J connectivity index is 1.74. The van der Waals surface area contributed by atoms with Gasteiger partial charge in [0.15, 0.2) is 5.84 Å². The molecule has 3 aliphatic rings. The lowest BCUT2D eigenvalue weighted by Gasteiger charge is -2.38. The molecule has 1 aromatic rings. The van der Waals surface area contributed by atoms with Gasteiger partial charge in [0.25, 0.3) is 5.91 Å². The van der Waals surface area contributed by atoms with Gasteiger partial charge in [-0.05, 0) is 55.7 Å². The molecule has 1 aliphatic carbocycles. The summed E-state index contributed by atoms with van der Waals surface area (Å²) in [6.45, 7) is 8.61. The Morgan fingerprint density at radius 3 is 2.61 bits per heavy atom. The van der Waals surface area contributed by atoms with Gasteiger partial charge in [-0.2, -0.15) is 8.97 Å². The smallest absolute Gasteiger partial charge is 0.363 e. The van der Waals surface area contributed by atoms with Gasteiger partial charge in [0, 0.05) is 6.54 Å². The van der Waals surface area contributed by atoms with E-state index in [9.17, 15) is 22.9 Å². The summed E-state index contributed by atoms with van der Waals surface area (Å²) in [7, 11) is -7.16. The molecule has 10 nitrogen and oxygen atoms in total. The molecule has 4 N–H and O–H groups in total. The van der Waals surface area contributed by atoms with E-state index in [1.54, 1.807) is 24.0 Å². The lowest BCUT2D eigenvalue weighted by molar-refractivity contribution is -0.128. The number of anilines is 2. The van der Waals surface area contributed by atoms with Crippen LogP contribution in [0, 0.1) is 11.3 Å². The third kappa shape index (κ3) is 5.33. The first kappa shape index (κ1) is 26.7. The third-order valence-corrected chi connectivity index (χ3v) is 9.35. The van der Waals surface area contributed by atoms with Crippen LogP contribution in [0.1, 0.15) is 53.4 Å². The van der Waals surface area contributed by atoms with Crippen LogP contribution < -0.4 is 15.3 Å². The zero-order valence-electron chi connectivity index (χ0n) is 21.4. The van der Waals surface area contributed by atoms with E-state index in [1.807, 2.05) is 0 Å². The number of nitrogens with zero attached hydrogens (tertiary/aromatic N) is 2. The summed E-state index contributed by atoms with van der Waals surface area (Å²) in [5, 5.41) is 14.6. The lowest BCUT2D eigenvalue weighted by atomic mass is 9.78. The van der Waals surface area contributed by atoms with Crippen molar-refractivity contribution < 1.29 is 27.4 Å². The van der Waals surface area contributed by atoms with Gasteiger partial charge in [-0.25, -0.2) is 8.93 Å². The van der Waals surface area contributed by atoms with Crippen LogP contribution in [0.5, 0.6) is 0 Å². The first-order chi connectivity index (χ1) is 16.7. The number of benzene rings is 1. The molecular formula is C24H36N4O6PS+. The maximum Gasteiger partial charge on any atom is 0.363 e. The molecule has 2 aliphatic heterocycles. The second-order valence-electron chi connectivity index (χ2n) is 10.9. The van der Waals surface area contributed by atoms with Crippen molar-refractivity contribution in [2.24, 2.45) is 16.1 Å². The number of aliphatic hydroxyl groups is 1. The summed E-state index contributed by atoms with van der Waals surface area (Å²) < 4.78 is 47.8. The quantitative estimate of drug-likeness (QED) is 0.335. The van der Waals surface area contributed by atoms with E-state index in [4.69, 9.17) is 4.52 Å². The van der Waals surface area contributed by atoms with E-state index in [0.717, 1.165) is 31.9 Å². The van der Waals surface area contributed by atoms with Crippen molar-refractivity contribution in [3.63, 3.8) is 0 Å². The van der Waals surface area contributed by atoms with Gasteiger partial charge in [0.05, 0.1) is 29.3 Å². The van der Waals surface area contributed by atoms with Crippen molar-refractivity contribution in [3.8, 4) is 0 Å². The van der Waals surface area contributed by atoms with Crippen molar-refractivity contribution in [3.05, 3.63) is 29.5 Å². The van der Waals surface area contributed by atoms with Gasteiger partial charge in [-0.15, -0.1) is 0 Å². The van der Waals surface area contributed by atoms with Crippen molar-refractivity contribution in [2.75, 3.05) is 29.4 Å². The second-order valence-corrected chi connectivity index (χ2v) is 14.6. The highest BCUT2D eigenvalue weighted by molar-refractivity contribution is 7.92. The molecule has 2 heterocycles. The molecule has 1 amide bonds. The molecule has 0 bridgehead atoms. The molecule has 0 radical (unpaired) electrons. The zero-order chi connectivity index (χ0) is 26.5. The Morgan fingerprint density at radius 1 is 1.36 bits per heavy atom. The number of amides is 1. The monoisotopic (exact) mass is 539 g/mol. The highest BCUT2D eigenvalue weighted by atomic mass is 32.2. The molecule has 1 saturated carbocycles. The Hall–Kier alpha value is -2.36. The predicted molar refractivity (Wildman–Crippen MR) is 143 cm³/mol. The maximum atomic E-state index is 13.9. The molecule has 198 valence electrons. The lowest BCUT2D eigenvalue weighted by Crippen LogP contribution is -2.44. The van der Waals surface area contributed by atoms with Gasteiger partial charge in [0.2, 0.25) is 0 Å². The van der Waals surface area contributed by atoms with Crippen LogP contribution in [0.4, 0.5) is 11.4 Å². The Bertz CT molecular complexity index is 1280. The molecule has 3 unspecified atom stereocenters. The van der Waals surface area contributed by atoms with Crippen LogP contribution in [0.25, 0.3) is 0 Å². The topological polar surface area (TPSA) is 142 Å².